The Labute approximate surface area is 450 Å². The number of nitriles is 1. The molecule has 2 heterocycles. The van der Waals surface area contributed by atoms with Gasteiger partial charge in [-0.25, -0.2) is 0 Å². The van der Waals surface area contributed by atoms with Crippen molar-refractivity contribution in [1.29, 1.82) is 5.26 Å². The van der Waals surface area contributed by atoms with E-state index in [1.165, 1.54) is 19.1 Å². The van der Waals surface area contributed by atoms with Gasteiger partial charge in [0.05, 0.1) is 24.1 Å². The highest BCUT2D eigenvalue weighted by atomic mass is 16.2. The van der Waals surface area contributed by atoms with Crippen molar-refractivity contribution in [3.8, 4) is 6.07 Å². The van der Waals surface area contributed by atoms with Crippen LogP contribution in [0, 0.1) is 23.2 Å². The number of aromatic nitrogens is 1. The van der Waals surface area contributed by atoms with Gasteiger partial charge in [-0.15, -0.1) is 0 Å². The third kappa shape index (κ3) is 21.0. The van der Waals surface area contributed by atoms with Crippen LogP contribution in [0.15, 0.2) is 64.7 Å². The molecule has 420 valence electrons. The molecule has 26 nitrogen and oxygen atoms in total. The molecule has 8 amide bonds. The number of aliphatic imine (C=N–C) groups is 2. The number of aromatic amines is 1. The van der Waals surface area contributed by atoms with E-state index in [0.717, 1.165) is 10.9 Å². The molecule has 1 saturated heterocycles. The Balaban J connectivity index is 1.81. The van der Waals surface area contributed by atoms with Crippen molar-refractivity contribution < 1.29 is 47.9 Å². The molecule has 1 fully saturated rings. The van der Waals surface area contributed by atoms with Crippen LogP contribution in [-0.2, 0) is 60.8 Å². The molecule has 1 aliphatic rings. The summed E-state index contributed by atoms with van der Waals surface area (Å²) in [6.45, 7) is 1.31. The number of para-hydroxylation sites is 1. The number of nitrogens with two attached hydrogens (primary N) is 6. The monoisotopic (exact) mass is 1080 g/mol. The number of primary amides is 2. The van der Waals surface area contributed by atoms with Crippen molar-refractivity contribution >= 4 is 81.6 Å². The molecule has 26 heteroatoms. The van der Waals surface area contributed by atoms with E-state index in [9.17, 15) is 53.2 Å². The second-order valence-electron chi connectivity index (χ2n) is 19.2. The van der Waals surface area contributed by atoms with Crippen LogP contribution in [0.5, 0.6) is 0 Å². The lowest BCUT2D eigenvalue weighted by atomic mass is 9.83. The molecule has 4 rings (SSSR count). The number of amides is 8. The summed E-state index contributed by atoms with van der Waals surface area (Å²) in [5.41, 5.74) is 35.6. The molecule has 0 bridgehead atoms. The lowest BCUT2D eigenvalue weighted by Gasteiger charge is -2.27. The number of hydrogen-bond donors (Lipinski definition) is 13. The number of nitrogens with zero attached hydrogens (tertiary/aromatic N) is 3. The standard InChI is InChI=1S/C52H72N16O10/c1-29(69)64-38(12-7-21-62-52(58)59)48(76)68-41-26-45(73)60-19-5-4-11-37(46(55)74)65-47(75)33(23-34-28-63-36-10-3-2-9-35(34)36)25-42(70)32(8-6-20-61-51(56)57)24-43(71)40(22-30-13-15-31(27-53)16-14-30)67-49(77)39(66-50(41)78)17-18-44(54)72/h2-3,9-10,13-16,28,32-33,37-41,63H,4-8,11-12,17-26H2,1H3,(H2,54,72)(H2,55,74)(H,60,73)(H,64,69)(H,65,75)(H,66,78)(H,67,77)(H,68,76)(H4,56,57,61)(H4,58,59,62)/t32-,33-,37+,38+,39+,40-,41+/m1/s1. The number of fused-ring (bicyclic) bond motifs is 1. The van der Waals surface area contributed by atoms with Crippen molar-refractivity contribution in [2.75, 3.05) is 19.6 Å². The van der Waals surface area contributed by atoms with E-state index in [1.807, 2.05) is 30.3 Å². The maximum absolute atomic E-state index is 14.8. The topological polar surface area (TPSA) is 463 Å². The number of nitrogens with one attached hydrogen (secondary N) is 7. The number of benzene rings is 2. The third-order valence-electron chi connectivity index (χ3n) is 13.0. The Bertz CT molecular complexity index is 2730. The fourth-order valence-electron chi connectivity index (χ4n) is 8.87. The summed E-state index contributed by atoms with van der Waals surface area (Å²) < 4.78 is 0. The quantitative estimate of drug-likeness (QED) is 0.0350. The zero-order chi connectivity index (χ0) is 57.3. The van der Waals surface area contributed by atoms with Crippen LogP contribution in [0.3, 0.4) is 0 Å². The summed E-state index contributed by atoms with van der Waals surface area (Å²) in [7, 11) is 0. The van der Waals surface area contributed by atoms with E-state index in [1.54, 1.807) is 18.3 Å². The van der Waals surface area contributed by atoms with Crippen LogP contribution >= 0.6 is 0 Å². The Kier molecular flexibility index (Phi) is 24.7. The highest BCUT2D eigenvalue weighted by molar-refractivity contribution is 5.99. The number of ketones is 2. The highest BCUT2D eigenvalue weighted by Crippen LogP contribution is 2.26. The van der Waals surface area contributed by atoms with Gasteiger partial charge in [0.25, 0.3) is 0 Å². The Morgan fingerprint density at radius 1 is 0.744 bits per heavy atom. The summed E-state index contributed by atoms with van der Waals surface area (Å²) in [4.78, 5) is 149. The van der Waals surface area contributed by atoms with Gasteiger partial charge in [-0.1, -0.05) is 30.3 Å². The second-order valence-corrected chi connectivity index (χ2v) is 19.2. The average molecular weight is 1080 g/mol. The van der Waals surface area contributed by atoms with Crippen molar-refractivity contribution in [3.05, 3.63) is 71.4 Å². The maximum atomic E-state index is 14.8. The largest absolute Gasteiger partial charge is 0.370 e. The van der Waals surface area contributed by atoms with E-state index in [2.05, 4.69) is 46.9 Å². The van der Waals surface area contributed by atoms with Gasteiger partial charge in [-0.05, 0) is 93.5 Å². The molecular weight excluding hydrogens is 1010 g/mol. The van der Waals surface area contributed by atoms with Crippen LogP contribution in [-0.4, -0.2) is 126 Å². The molecule has 1 aromatic heterocycles. The first-order chi connectivity index (χ1) is 37.1. The molecule has 0 unspecified atom stereocenters. The van der Waals surface area contributed by atoms with Crippen molar-refractivity contribution in [2.45, 2.75) is 127 Å². The fraction of sp³-hybridized carbons (Fsp3) is 0.481. The van der Waals surface area contributed by atoms with E-state index in [4.69, 9.17) is 34.4 Å². The van der Waals surface area contributed by atoms with Crippen molar-refractivity contribution in [3.63, 3.8) is 0 Å². The van der Waals surface area contributed by atoms with Gasteiger partial charge in [0.1, 0.15) is 30.0 Å². The van der Waals surface area contributed by atoms with Crippen LogP contribution in [0.25, 0.3) is 10.9 Å². The number of hydrogen-bond acceptors (Lipinski definition) is 13. The van der Waals surface area contributed by atoms with Gasteiger partial charge in [-0.3, -0.25) is 57.9 Å². The average Bonchev–Trinajstić information content (AvgIpc) is 3.82. The molecule has 0 radical (unpaired) electrons. The Hall–Kier alpha value is -8.89. The lowest BCUT2D eigenvalue weighted by Crippen LogP contribution is -2.58. The highest BCUT2D eigenvalue weighted by Gasteiger charge is 2.36. The van der Waals surface area contributed by atoms with E-state index in [0.29, 0.717) is 16.7 Å². The first-order valence-electron chi connectivity index (χ1n) is 25.7. The van der Waals surface area contributed by atoms with Gasteiger partial charge < -0.3 is 71.3 Å². The summed E-state index contributed by atoms with van der Waals surface area (Å²) in [6.07, 6.45) is -0.00959. The summed E-state index contributed by atoms with van der Waals surface area (Å²) in [6, 6.07) is 8.23. The lowest BCUT2D eigenvalue weighted by molar-refractivity contribution is -0.136. The summed E-state index contributed by atoms with van der Waals surface area (Å²) >= 11 is 0. The minimum absolute atomic E-state index is 0.0126. The number of H-pyrrole nitrogens is 1. The zero-order valence-corrected chi connectivity index (χ0v) is 43.6. The van der Waals surface area contributed by atoms with Crippen LogP contribution < -0.4 is 66.3 Å². The molecule has 2 aromatic carbocycles. The van der Waals surface area contributed by atoms with Crippen LogP contribution in [0.4, 0.5) is 0 Å². The number of carbonyl (C=O) groups excluding carboxylic acids is 10. The van der Waals surface area contributed by atoms with E-state index < -0.39 is 133 Å². The first kappa shape index (κ1) is 61.7. The number of carbonyl (C=O) groups is 10. The SMILES string of the molecule is CC(=O)N[C@@H](CCCN=C(N)N)C(=O)N[C@H]1CC(=O)NCCCC[C@@H](C(N)=O)NC(=O)[C@H](Cc2c[nH]c3ccccc23)CC(=O)[C@H](CCCN=C(N)N)CC(=O)[C@@H](Cc2ccc(C#N)cc2)NC(=O)[C@H](CCC(N)=O)NC1=O. The van der Waals surface area contributed by atoms with Gasteiger partial charge in [0, 0.05) is 74.8 Å². The van der Waals surface area contributed by atoms with E-state index >= 15 is 0 Å². The minimum atomic E-state index is -1.72. The first-order valence-corrected chi connectivity index (χ1v) is 25.7. The molecule has 3 aromatic rings. The van der Waals surface area contributed by atoms with Gasteiger partial charge >= 0.3 is 0 Å². The molecular formula is C52H72N16O10. The molecule has 78 heavy (non-hydrogen) atoms. The Morgan fingerprint density at radius 2 is 1.41 bits per heavy atom. The molecule has 1 aliphatic heterocycles. The number of Topliss-reactive ketones (excluding diaryl/α,β-unsaturated/α-hetero) is 2. The van der Waals surface area contributed by atoms with E-state index in [-0.39, 0.29) is 89.3 Å². The smallest absolute Gasteiger partial charge is 0.243 e. The summed E-state index contributed by atoms with van der Waals surface area (Å²) in [5.74, 6) is -10.5. The molecule has 0 spiro atoms. The van der Waals surface area contributed by atoms with Gasteiger partial charge in [0.15, 0.2) is 17.7 Å². The molecule has 19 N–H and O–H groups in total. The fourth-order valence-corrected chi connectivity index (χ4v) is 8.87. The second kappa shape index (κ2) is 31.2. The zero-order valence-electron chi connectivity index (χ0n) is 43.6. The predicted molar refractivity (Wildman–Crippen MR) is 287 cm³/mol. The van der Waals surface area contributed by atoms with Gasteiger partial charge in [-0.2, -0.15) is 5.26 Å². The van der Waals surface area contributed by atoms with Gasteiger partial charge in [0.2, 0.25) is 47.3 Å². The Morgan fingerprint density at radius 3 is 2.06 bits per heavy atom. The predicted octanol–water partition coefficient (Wildman–Crippen LogP) is -2.03. The number of guanidine groups is 2. The van der Waals surface area contributed by atoms with Crippen molar-refractivity contribution in [2.24, 2.45) is 56.2 Å². The van der Waals surface area contributed by atoms with Crippen LogP contribution in [0.2, 0.25) is 0 Å². The van der Waals surface area contributed by atoms with Crippen molar-refractivity contribution in [1.82, 2.24) is 36.9 Å². The van der Waals surface area contributed by atoms with Crippen LogP contribution in [0.1, 0.15) is 101 Å². The molecule has 0 aliphatic carbocycles. The molecule has 7 atom stereocenters. The minimum Gasteiger partial charge on any atom is -0.370 e. The normalized spacial score (nSPS) is 20.8. The number of rotatable bonds is 19. The molecule has 0 saturated carbocycles. The third-order valence-corrected chi connectivity index (χ3v) is 13.0. The maximum Gasteiger partial charge on any atom is 0.243 e. The summed E-state index contributed by atoms with van der Waals surface area (Å²) in [5, 5.41) is 25.8.